The summed E-state index contributed by atoms with van der Waals surface area (Å²) < 4.78 is 8.21. The van der Waals surface area contributed by atoms with Crippen LogP contribution in [0.15, 0.2) is 45.8 Å². The number of halogens is 2. The first-order chi connectivity index (χ1) is 15.5. The monoisotopic (exact) mass is 552 g/mol. The second kappa shape index (κ2) is 11.6. The number of hydrogen-bond donors (Lipinski definition) is 1. The number of fused-ring (bicyclic) bond motifs is 1. The summed E-state index contributed by atoms with van der Waals surface area (Å²) in [5.41, 5.74) is 3.20. The third kappa shape index (κ3) is 5.53. The SMILES string of the molecule is CCOC(=O)c1c(CSc2ccccc2)n(C)c2cc(Br)c(O)c(CN3CCCCC3)c12.Cl. The summed E-state index contributed by atoms with van der Waals surface area (Å²) in [5, 5.41) is 11.8. The van der Waals surface area contributed by atoms with Crippen LogP contribution in [0.3, 0.4) is 0 Å². The minimum atomic E-state index is -0.330. The van der Waals surface area contributed by atoms with Crippen LogP contribution in [-0.2, 0) is 24.1 Å². The molecule has 5 nitrogen and oxygen atoms in total. The second-order valence-corrected chi connectivity index (χ2v) is 10.0. The molecule has 0 aliphatic carbocycles. The number of nitrogens with zero attached hydrogens (tertiary/aromatic N) is 2. The van der Waals surface area contributed by atoms with Gasteiger partial charge in [-0.25, -0.2) is 4.79 Å². The first kappa shape index (κ1) is 25.9. The first-order valence-corrected chi connectivity index (χ1v) is 12.9. The summed E-state index contributed by atoms with van der Waals surface area (Å²) in [4.78, 5) is 16.7. The maximum Gasteiger partial charge on any atom is 0.340 e. The maximum absolute atomic E-state index is 13.2. The van der Waals surface area contributed by atoms with Crippen molar-refractivity contribution >= 4 is 57.0 Å². The number of aromatic nitrogens is 1. The summed E-state index contributed by atoms with van der Waals surface area (Å²) in [6.07, 6.45) is 3.57. The average molecular weight is 554 g/mol. The normalized spacial score (nSPS) is 14.3. The summed E-state index contributed by atoms with van der Waals surface area (Å²) in [5.74, 6) is 0.509. The van der Waals surface area contributed by atoms with Gasteiger partial charge in [0.2, 0.25) is 0 Å². The molecule has 1 aliphatic heterocycles. The van der Waals surface area contributed by atoms with Crippen LogP contribution in [0.2, 0.25) is 0 Å². The van der Waals surface area contributed by atoms with Crippen LogP contribution >= 0.6 is 40.1 Å². The van der Waals surface area contributed by atoms with Crippen molar-refractivity contribution in [2.75, 3.05) is 19.7 Å². The van der Waals surface area contributed by atoms with Gasteiger partial charge in [0.15, 0.2) is 0 Å². The smallest absolute Gasteiger partial charge is 0.340 e. The van der Waals surface area contributed by atoms with Crippen molar-refractivity contribution in [2.45, 2.75) is 43.4 Å². The van der Waals surface area contributed by atoms with Crippen LogP contribution in [0.25, 0.3) is 10.9 Å². The fourth-order valence-corrected chi connectivity index (χ4v) is 5.88. The van der Waals surface area contributed by atoms with Crippen LogP contribution in [0.5, 0.6) is 5.75 Å². The van der Waals surface area contributed by atoms with E-state index in [9.17, 15) is 9.90 Å². The van der Waals surface area contributed by atoms with Gasteiger partial charge in [-0.1, -0.05) is 24.6 Å². The molecule has 0 amide bonds. The van der Waals surface area contributed by atoms with Gasteiger partial charge in [0, 0.05) is 40.9 Å². The van der Waals surface area contributed by atoms with E-state index in [4.69, 9.17) is 4.74 Å². The number of esters is 1. The van der Waals surface area contributed by atoms with Crippen LogP contribution in [0, 0.1) is 0 Å². The van der Waals surface area contributed by atoms with E-state index < -0.39 is 0 Å². The lowest BCUT2D eigenvalue weighted by Gasteiger charge is -2.27. The predicted octanol–water partition coefficient (Wildman–Crippen LogP) is 6.52. The molecular formula is C25H30BrClN2O3S. The van der Waals surface area contributed by atoms with Gasteiger partial charge in [-0.15, -0.1) is 24.2 Å². The van der Waals surface area contributed by atoms with E-state index in [0.717, 1.165) is 53.0 Å². The number of piperidine rings is 1. The highest BCUT2D eigenvalue weighted by atomic mass is 79.9. The summed E-state index contributed by atoms with van der Waals surface area (Å²) in [6.45, 7) is 4.76. The number of aromatic hydroxyl groups is 1. The van der Waals surface area contributed by atoms with E-state index in [1.165, 1.54) is 6.42 Å². The molecule has 0 spiro atoms. The van der Waals surface area contributed by atoms with Crippen molar-refractivity contribution in [3.63, 3.8) is 0 Å². The molecule has 0 unspecified atom stereocenters. The number of ether oxygens (including phenoxy) is 1. The van der Waals surface area contributed by atoms with Crippen molar-refractivity contribution in [3.05, 3.63) is 57.7 Å². The highest BCUT2D eigenvalue weighted by Gasteiger charge is 2.28. The minimum Gasteiger partial charge on any atom is -0.506 e. The van der Waals surface area contributed by atoms with Gasteiger partial charge in [-0.05, 0) is 67.0 Å². The number of likely N-dealkylation sites (tertiary alicyclic amines) is 1. The number of phenolic OH excluding ortho intramolecular Hbond substituents is 1. The highest BCUT2D eigenvalue weighted by molar-refractivity contribution is 9.10. The standard InChI is InChI=1S/C25H29BrN2O3S.ClH/c1-3-31-25(30)23-21(16-32-17-10-6-4-7-11-17)27(2)20-14-19(26)24(29)18(22(20)23)15-28-12-8-5-9-13-28;/h4,6-7,10-11,14,29H,3,5,8-9,12-13,15-16H2,1-2H3;1H. The molecule has 2 heterocycles. The lowest BCUT2D eigenvalue weighted by Crippen LogP contribution is -2.29. The Kier molecular flexibility index (Phi) is 9.16. The zero-order valence-electron chi connectivity index (χ0n) is 19.0. The molecule has 2 aromatic carbocycles. The topological polar surface area (TPSA) is 54.7 Å². The number of carbonyl (C=O) groups excluding carboxylic acids is 1. The number of phenols is 1. The zero-order chi connectivity index (χ0) is 22.7. The van der Waals surface area contributed by atoms with E-state index in [0.29, 0.717) is 28.9 Å². The Bertz CT molecular complexity index is 1110. The molecule has 1 N–H and O–H groups in total. The number of rotatable bonds is 7. The molecule has 1 aliphatic rings. The fraction of sp³-hybridized carbons (Fsp3) is 0.400. The molecule has 0 bridgehead atoms. The molecule has 1 aromatic heterocycles. The third-order valence-corrected chi connectivity index (χ3v) is 7.69. The van der Waals surface area contributed by atoms with E-state index >= 15 is 0 Å². The molecular weight excluding hydrogens is 524 g/mol. The first-order valence-electron chi connectivity index (χ1n) is 11.1. The van der Waals surface area contributed by atoms with Gasteiger partial charge in [0.1, 0.15) is 5.75 Å². The zero-order valence-corrected chi connectivity index (χ0v) is 22.2. The Morgan fingerprint density at radius 2 is 1.88 bits per heavy atom. The third-order valence-electron chi connectivity index (χ3n) is 6.07. The van der Waals surface area contributed by atoms with Crippen LogP contribution in [0.1, 0.15) is 47.8 Å². The lowest BCUT2D eigenvalue weighted by molar-refractivity contribution is 0.0527. The summed E-state index contributed by atoms with van der Waals surface area (Å²) in [7, 11) is 1.99. The Morgan fingerprint density at radius 1 is 1.18 bits per heavy atom. The molecule has 1 fully saturated rings. The van der Waals surface area contributed by atoms with Crippen LogP contribution < -0.4 is 0 Å². The lowest BCUT2D eigenvalue weighted by atomic mass is 10.0. The Morgan fingerprint density at radius 3 is 2.55 bits per heavy atom. The summed E-state index contributed by atoms with van der Waals surface area (Å²) in [6, 6.07) is 12.1. The highest BCUT2D eigenvalue weighted by Crippen LogP contribution is 2.41. The van der Waals surface area contributed by atoms with Crippen molar-refractivity contribution in [3.8, 4) is 5.75 Å². The van der Waals surface area contributed by atoms with Gasteiger partial charge >= 0.3 is 5.97 Å². The maximum atomic E-state index is 13.2. The number of thioether (sulfide) groups is 1. The Labute approximate surface area is 214 Å². The Balaban J connectivity index is 0.00000306. The van der Waals surface area contributed by atoms with Crippen molar-refractivity contribution in [1.82, 2.24) is 9.47 Å². The number of aryl methyl sites for hydroxylation is 1. The van der Waals surface area contributed by atoms with Crippen LogP contribution in [-0.4, -0.2) is 40.2 Å². The minimum absolute atomic E-state index is 0. The average Bonchev–Trinajstić information content (AvgIpc) is 3.08. The van der Waals surface area contributed by atoms with Crippen molar-refractivity contribution in [2.24, 2.45) is 7.05 Å². The number of hydrogen-bond acceptors (Lipinski definition) is 5. The van der Waals surface area contributed by atoms with Gasteiger partial charge in [-0.3, -0.25) is 4.90 Å². The van der Waals surface area contributed by atoms with Crippen molar-refractivity contribution < 1.29 is 14.6 Å². The predicted molar refractivity (Wildman–Crippen MR) is 141 cm³/mol. The quantitative estimate of drug-likeness (QED) is 0.267. The van der Waals surface area contributed by atoms with E-state index in [2.05, 4.69) is 37.5 Å². The van der Waals surface area contributed by atoms with Gasteiger partial charge in [0.25, 0.3) is 0 Å². The molecule has 0 saturated carbocycles. The number of benzene rings is 2. The largest absolute Gasteiger partial charge is 0.506 e. The van der Waals surface area contributed by atoms with Gasteiger partial charge in [-0.2, -0.15) is 0 Å². The molecule has 0 radical (unpaired) electrons. The molecule has 0 atom stereocenters. The Hall–Kier alpha value is -1.67. The van der Waals surface area contributed by atoms with E-state index in [1.54, 1.807) is 11.8 Å². The molecule has 8 heteroatoms. The fourth-order valence-electron chi connectivity index (χ4n) is 4.43. The van der Waals surface area contributed by atoms with Crippen LogP contribution in [0.4, 0.5) is 0 Å². The molecule has 178 valence electrons. The molecule has 1 saturated heterocycles. The number of carbonyl (C=O) groups is 1. The summed E-state index contributed by atoms with van der Waals surface area (Å²) >= 11 is 5.23. The van der Waals surface area contributed by atoms with E-state index in [1.807, 2.05) is 38.2 Å². The van der Waals surface area contributed by atoms with Gasteiger partial charge < -0.3 is 14.4 Å². The molecule has 33 heavy (non-hydrogen) atoms. The second-order valence-electron chi connectivity index (χ2n) is 8.12. The molecule has 3 aromatic rings. The van der Waals surface area contributed by atoms with Gasteiger partial charge in [0.05, 0.1) is 22.2 Å². The van der Waals surface area contributed by atoms with E-state index in [-0.39, 0.29) is 24.1 Å². The molecule has 4 rings (SSSR count). The van der Waals surface area contributed by atoms with Crippen molar-refractivity contribution in [1.29, 1.82) is 0 Å².